The summed E-state index contributed by atoms with van der Waals surface area (Å²) in [6.07, 6.45) is 10.2. The van der Waals surface area contributed by atoms with E-state index in [0.717, 1.165) is 22.6 Å². The molecule has 0 radical (unpaired) electrons. The summed E-state index contributed by atoms with van der Waals surface area (Å²) in [7, 11) is 1.62. The van der Waals surface area contributed by atoms with Crippen molar-refractivity contribution in [1.82, 2.24) is 10.6 Å². The fraction of sp³-hybridized carbons (Fsp3) is 0.333. The highest BCUT2D eigenvalue weighted by atomic mass is 16.5. The van der Waals surface area contributed by atoms with Crippen molar-refractivity contribution >= 4 is 11.8 Å². The predicted molar refractivity (Wildman–Crippen MR) is 114 cm³/mol. The van der Waals surface area contributed by atoms with Gasteiger partial charge >= 0.3 is 5.97 Å². The first-order chi connectivity index (χ1) is 14.6. The molecule has 6 heteroatoms. The highest BCUT2D eigenvalue weighted by Crippen LogP contribution is 2.51. The molecule has 2 atom stereocenters. The summed E-state index contributed by atoms with van der Waals surface area (Å²) in [5.74, 6) is 0.158. The van der Waals surface area contributed by atoms with E-state index in [4.69, 9.17) is 9.47 Å². The van der Waals surface area contributed by atoms with Crippen LogP contribution >= 0.6 is 0 Å². The van der Waals surface area contributed by atoms with Gasteiger partial charge in [0.25, 0.3) is 0 Å². The Bertz CT molecular complexity index is 971. The summed E-state index contributed by atoms with van der Waals surface area (Å²) in [5.41, 5.74) is 2.60. The van der Waals surface area contributed by atoms with E-state index in [1.807, 2.05) is 54.6 Å². The van der Waals surface area contributed by atoms with Gasteiger partial charge in [0.2, 0.25) is 0 Å². The van der Waals surface area contributed by atoms with Crippen LogP contribution in [0.1, 0.15) is 12.5 Å². The van der Waals surface area contributed by atoms with Gasteiger partial charge in [-0.05, 0) is 42.3 Å². The minimum atomic E-state index is -0.691. The average Bonchev–Trinajstić information content (AvgIpc) is 3.01. The Morgan fingerprint density at radius 1 is 1.20 bits per heavy atom. The number of methoxy groups -OCH3 is 1. The van der Waals surface area contributed by atoms with Gasteiger partial charge in [-0.15, -0.1) is 0 Å². The van der Waals surface area contributed by atoms with E-state index in [9.17, 15) is 9.59 Å². The van der Waals surface area contributed by atoms with Crippen molar-refractivity contribution in [3.63, 3.8) is 0 Å². The SMILES string of the molecule is CCOC(=O)C1=CC23C(=CCN1)C=CC=C2NCC3C(=O)Cc1ccc(OC)cc1. The average molecular weight is 406 g/mol. The molecule has 156 valence electrons. The molecule has 1 aromatic carbocycles. The first-order valence-corrected chi connectivity index (χ1v) is 10.2. The summed E-state index contributed by atoms with van der Waals surface area (Å²) in [6, 6.07) is 7.56. The minimum absolute atomic E-state index is 0.124. The number of ketones is 1. The number of allylic oxidation sites excluding steroid dienone is 4. The first-order valence-electron chi connectivity index (χ1n) is 10.2. The van der Waals surface area contributed by atoms with Crippen molar-refractivity contribution < 1.29 is 19.1 Å². The lowest BCUT2D eigenvalue weighted by molar-refractivity contribution is -0.139. The lowest BCUT2D eigenvalue weighted by Gasteiger charge is -2.35. The summed E-state index contributed by atoms with van der Waals surface area (Å²) in [5, 5.41) is 6.55. The second-order valence-electron chi connectivity index (χ2n) is 7.55. The monoisotopic (exact) mass is 406 g/mol. The van der Waals surface area contributed by atoms with E-state index in [1.165, 1.54) is 0 Å². The van der Waals surface area contributed by atoms with Crippen LogP contribution in [0.3, 0.4) is 0 Å². The molecule has 6 nitrogen and oxygen atoms in total. The molecular weight excluding hydrogens is 380 g/mol. The molecule has 0 amide bonds. The van der Waals surface area contributed by atoms with Gasteiger partial charge in [0.05, 0.1) is 25.0 Å². The number of ether oxygens (including phenoxy) is 2. The Balaban J connectivity index is 1.70. The number of carbonyl (C=O) groups excluding carboxylic acids is 2. The molecule has 1 aromatic rings. The van der Waals surface area contributed by atoms with Gasteiger partial charge in [0, 0.05) is 25.2 Å². The number of hydrogen-bond donors (Lipinski definition) is 2. The van der Waals surface area contributed by atoms with Crippen molar-refractivity contribution in [1.29, 1.82) is 0 Å². The van der Waals surface area contributed by atoms with Gasteiger partial charge in [-0.25, -0.2) is 4.79 Å². The van der Waals surface area contributed by atoms with Gasteiger partial charge in [0.15, 0.2) is 0 Å². The summed E-state index contributed by atoms with van der Waals surface area (Å²) >= 11 is 0. The molecule has 0 saturated carbocycles. The second-order valence-corrected chi connectivity index (χ2v) is 7.55. The minimum Gasteiger partial charge on any atom is -0.497 e. The van der Waals surface area contributed by atoms with Crippen molar-refractivity contribution in [2.75, 3.05) is 26.8 Å². The van der Waals surface area contributed by atoms with Gasteiger partial charge in [-0.2, -0.15) is 0 Å². The fourth-order valence-electron chi connectivity index (χ4n) is 4.47. The van der Waals surface area contributed by atoms with Crippen LogP contribution < -0.4 is 15.4 Å². The van der Waals surface area contributed by atoms with Crippen LogP contribution in [0.2, 0.25) is 0 Å². The zero-order valence-electron chi connectivity index (χ0n) is 17.2. The topological polar surface area (TPSA) is 76.7 Å². The first kappa shape index (κ1) is 20.0. The third-order valence-corrected chi connectivity index (χ3v) is 5.92. The Hall–Kier alpha value is -3.28. The van der Waals surface area contributed by atoms with Crippen LogP contribution in [0.4, 0.5) is 0 Å². The molecule has 2 unspecified atom stereocenters. The number of rotatable bonds is 6. The number of nitrogens with one attached hydrogen (secondary N) is 2. The molecule has 3 aliphatic rings. The molecule has 0 bridgehead atoms. The van der Waals surface area contributed by atoms with Gasteiger partial charge in [-0.3, -0.25) is 4.79 Å². The normalized spacial score (nSPS) is 24.1. The third kappa shape index (κ3) is 3.43. The highest BCUT2D eigenvalue weighted by Gasteiger charge is 2.52. The van der Waals surface area contributed by atoms with E-state index in [2.05, 4.69) is 10.6 Å². The van der Waals surface area contributed by atoms with Crippen LogP contribution in [0.25, 0.3) is 0 Å². The molecular formula is C24H26N2O4. The summed E-state index contributed by atoms with van der Waals surface area (Å²) < 4.78 is 10.4. The van der Waals surface area contributed by atoms with E-state index in [1.54, 1.807) is 14.0 Å². The van der Waals surface area contributed by atoms with Gasteiger partial charge in [0.1, 0.15) is 17.2 Å². The predicted octanol–water partition coefficient (Wildman–Crippen LogP) is 2.44. The van der Waals surface area contributed by atoms with Crippen LogP contribution in [0.15, 0.2) is 71.6 Å². The van der Waals surface area contributed by atoms with Crippen LogP contribution in [-0.4, -0.2) is 38.6 Å². The van der Waals surface area contributed by atoms with E-state index < -0.39 is 11.4 Å². The van der Waals surface area contributed by atoms with Gasteiger partial charge < -0.3 is 20.1 Å². The summed E-state index contributed by atoms with van der Waals surface area (Å²) in [4.78, 5) is 26.0. The zero-order valence-corrected chi connectivity index (χ0v) is 17.2. The van der Waals surface area contributed by atoms with Gasteiger partial charge in [-0.1, -0.05) is 30.4 Å². The number of hydrogen-bond acceptors (Lipinski definition) is 6. The highest BCUT2D eigenvalue weighted by molar-refractivity contribution is 5.91. The molecule has 1 saturated heterocycles. The maximum absolute atomic E-state index is 13.5. The largest absolute Gasteiger partial charge is 0.497 e. The Morgan fingerprint density at radius 3 is 2.73 bits per heavy atom. The smallest absolute Gasteiger partial charge is 0.354 e. The second kappa shape index (κ2) is 8.22. The van der Waals surface area contributed by atoms with Crippen LogP contribution in [-0.2, 0) is 20.7 Å². The molecule has 1 fully saturated rings. The third-order valence-electron chi connectivity index (χ3n) is 5.92. The van der Waals surface area contributed by atoms with Crippen molar-refractivity contribution in [2.45, 2.75) is 13.3 Å². The summed E-state index contributed by atoms with van der Waals surface area (Å²) in [6.45, 7) is 3.10. The maximum atomic E-state index is 13.5. The maximum Gasteiger partial charge on any atom is 0.354 e. The molecule has 0 aromatic heterocycles. The van der Waals surface area contributed by atoms with Crippen molar-refractivity contribution in [3.05, 3.63) is 77.2 Å². The molecule has 2 N–H and O–H groups in total. The molecule has 2 aliphatic heterocycles. The Kier molecular flexibility index (Phi) is 5.48. The lowest BCUT2D eigenvalue weighted by atomic mass is 9.66. The lowest BCUT2D eigenvalue weighted by Crippen LogP contribution is -2.36. The molecule has 4 rings (SSSR count). The molecule has 30 heavy (non-hydrogen) atoms. The van der Waals surface area contributed by atoms with E-state index >= 15 is 0 Å². The Morgan fingerprint density at radius 2 is 2.00 bits per heavy atom. The van der Waals surface area contributed by atoms with Crippen LogP contribution in [0.5, 0.6) is 5.75 Å². The van der Waals surface area contributed by atoms with E-state index in [0.29, 0.717) is 31.8 Å². The molecule has 1 aliphatic carbocycles. The standard InChI is InChI=1S/C24H26N2O4/c1-3-30-23(28)20-14-24-17(11-12-25-20)5-4-6-22(24)26-15-19(24)21(27)13-16-7-9-18(29-2)10-8-16/h4-11,14,19,25-26H,3,12-13,15H2,1-2H3. The zero-order chi connectivity index (χ0) is 21.1. The molecule has 1 spiro atoms. The Labute approximate surface area is 176 Å². The number of benzene rings is 1. The van der Waals surface area contributed by atoms with Crippen LogP contribution in [0, 0.1) is 11.3 Å². The number of carbonyl (C=O) groups is 2. The van der Waals surface area contributed by atoms with Crippen molar-refractivity contribution in [2.24, 2.45) is 11.3 Å². The van der Waals surface area contributed by atoms with E-state index in [-0.39, 0.29) is 11.7 Å². The fourth-order valence-corrected chi connectivity index (χ4v) is 4.47. The van der Waals surface area contributed by atoms with Crippen molar-refractivity contribution in [3.8, 4) is 5.75 Å². The molecule has 2 heterocycles. The number of esters is 1. The number of Topliss-reactive ketones (excluding diaryl/α,β-unsaturated/α-hetero) is 1. The quantitative estimate of drug-likeness (QED) is 0.707.